The van der Waals surface area contributed by atoms with Crippen molar-refractivity contribution in [3.63, 3.8) is 0 Å². The van der Waals surface area contributed by atoms with Crippen molar-refractivity contribution in [2.45, 2.75) is 31.8 Å². The van der Waals surface area contributed by atoms with Crippen molar-refractivity contribution in [1.29, 1.82) is 0 Å². The fraction of sp³-hybridized carbons (Fsp3) is 0.435. The van der Waals surface area contributed by atoms with E-state index in [2.05, 4.69) is 35.2 Å². The van der Waals surface area contributed by atoms with Crippen LogP contribution in [0.15, 0.2) is 48.5 Å². The molecule has 5 heteroatoms. The molecule has 1 heterocycles. The summed E-state index contributed by atoms with van der Waals surface area (Å²) in [5, 5.41) is 9.03. The highest BCUT2D eigenvalue weighted by molar-refractivity contribution is 5.69. The standard InChI is InChI=1S/C23H30N2O3/c1-24(17-23(26)27)21-9-6-13-25(14-12-21)16-20-11-10-19(15-22(20)28-2)18-7-4-3-5-8-18/h3-5,7-8,10-11,15,21H,6,9,12-14,16-17H2,1-2H3,(H,26,27). The second-order valence-electron chi connectivity index (χ2n) is 7.56. The van der Waals surface area contributed by atoms with Crippen molar-refractivity contribution in [2.24, 2.45) is 0 Å². The number of benzene rings is 2. The molecule has 1 aliphatic rings. The van der Waals surface area contributed by atoms with E-state index in [4.69, 9.17) is 9.84 Å². The third-order valence-corrected chi connectivity index (χ3v) is 5.59. The molecule has 0 bridgehead atoms. The Morgan fingerprint density at radius 3 is 2.64 bits per heavy atom. The van der Waals surface area contributed by atoms with Crippen LogP contribution in [0.1, 0.15) is 24.8 Å². The van der Waals surface area contributed by atoms with Gasteiger partial charge < -0.3 is 9.84 Å². The van der Waals surface area contributed by atoms with Gasteiger partial charge in [-0.15, -0.1) is 0 Å². The number of nitrogens with zero attached hydrogens (tertiary/aromatic N) is 2. The number of carboxylic acids is 1. The van der Waals surface area contributed by atoms with Crippen LogP contribution in [-0.4, -0.2) is 60.7 Å². The summed E-state index contributed by atoms with van der Waals surface area (Å²) in [6, 6.07) is 17.1. The van der Waals surface area contributed by atoms with Crippen LogP contribution in [0, 0.1) is 0 Å². The SMILES string of the molecule is COc1cc(-c2ccccc2)ccc1CN1CCCC(N(C)CC(=O)O)CC1. The van der Waals surface area contributed by atoms with E-state index in [1.54, 1.807) is 7.11 Å². The average Bonchev–Trinajstić information content (AvgIpc) is 2.94. The van der Waals surface area contributed by atoms with Crippen LogP contribution in [0.5, 0.6) is 5.75 Å². The second-order valence-corrected chi connectivity index (χ2v) is 7.56. The van der Waals surface area contributed by atoms with Crippen molar-refractivity contribution in [3.8, 4) is 16.9 Å². The molecule has 5 nitrogen and oxygen atoms in total. The lowest BCUT2D eigenvalue weighted by Gasteiger charge is -2.26. The van der Waals surface area contributed by atoms with E-state index in [9.17, 15) is 4.79 Å². The molecule has 0 aliphatic carbocycles. The van der Waals surface area contributed by atoms with Gasteiger partial charge in [0, 0.05) is 18.2 Å². The summed E-state index contributed by atoms with van der Waals surface area (Å²) in [6.45, 7) is 2.96. The maximum absolute atomic E-state index is 11.0. The van der Waals surface area contributed by atoms with Crippen LogP contribution >= 0.6 is 0 Å². The van der Waals surface area contributed by atoms with E-state index in [-0.39, 0.29) is 6.54 Å². The fourth-order valence-electron chi connectivity index (χ4n) is 4.01. The largest absolute Gasteiger partial charge is 0.496 e. The van der Waals surface area contributed by atoms with E-state index in [0.717, 1.165) is 50.2 Å². The number of carbonyl (C=O) groups is 1. The van der Waals surface area contributed by atoms with Crippen LogP contribution in [0.4, 0.5) is 0 Å². The Kier molecular flexibility index (Phi) is 7.06. The molecule has 0 aromatic heterocycles. The fourth-order valence-corrected chi connectivity index (χ4v) is 4.01. The number of methoxy groups -OCH3 is 1. The minimum absolute atomic E-state index is 0.111. The van der Waals surface area contributed by atoms with Crippen LogP contribution in [0.3, 0.4) is 0 Å². The molecule has 0 radical (unpaired) electrons. The molecule has 1 saturated heterocycles. The summed E-state index contributed by atoms with van der Waals surface area (Å²) in [7, 11) is 3.65. The molecule has 1 atom stereocenters. The molecule has 2 aromatic carbocycles. The highest BCUT2D eigenvalue weighted by Crippen LogP contribution is 2.29. The number of ether oxygens (including phenoxy) is 1. The van der Waals surface area contributed by atoms with Gasteiger partial charge in [0.1, 0.15) is 5.75 Å². The van der Waals surface area contributed by atoms with Crippen molar-refractivity contribution in [1.82, 2.24) is 9.80 Å². The summed E-state index contributed by atoms with van der Waals surface area (Å²) in [4.78, 5) is 15.4. The maximum Gasteiger partial charge on any atom is 0.317 e. The zero-order valence-corrected chi connectivity index (χ0v) is 16.8. The molecule has 1 fully saturated rings. The number of carboxylic acid groups (broad SMARTS) is 1. The number of hydrogen-bond donors (Lipinski definition) is 1. The van der Waals surface area contributed by atoms with Gasteiger partial charge in [-0.25, -0.2) is 0 Å². The first-order valence-electron chi connectivity index (χ1n) is 9.93. The smallest absolute Gasteiger partial charge is 0.317 e. The predicted molar refractivity (Wildman–Crippen MR) is 112 cm³/mol. The van der Waals surface area contributed by atoms with Gasteiger partial charge >= 0.3 is 5.97 Å². The molecular weight excluding hydrogens is 352 g/mol. The third-order valence-electron chi connectivity index (χ3n) is 5.59. The summed E-state index contributed by atoms with van der Waals surface area (Å²) < 4.78 is 5.68. The summed E-state index contributed by atoms with van der Waals surface area (Å²) in [5.41, 5.74) is 3.54. The van der Waals surface area contributed by atoms with E-state index >= 15 is 0 Å². The second kappa shape index (κ2) is 9.71. The Bertz CT molecular complexity index is 779. The molecule has 0 amide bonds. The normalized spacial score (nSPS) is 18.0. The van der Waals surface area contributed by atoms with Gasteiger partial charge in [-0.2, -0.15) is 0 Å². The zero-order valence-electron chi connectivity index (χ0n) is 16.8. The molecule has 1 aliphatic heterocycles. The molecular formula is C23H30N2O3. The van der Waals surface area contributed by atoms with Crippen LogP contribution in [-0.2, 0) is 11.3 Å². The van der Waals surface area contributed by atoms with Gasteiger partial charge in [0.25, 0.3) is 0 Å². The number of hydrogen-bond acceptors (Lipinski definition) is 4. The summed E-state index contributed by atoms with van der Waals surface area (Å²) >= 11 is 0. The van der Waals surface area contributed by atoms with Crippen LogP contribution in [0.25, 0.3) is 11.1 Å². The third kappa shape index (κ3) is 5.33. The van der Waals surface area contributed by atoms with Gasteiger partial charge in [-0.1, -0.05) is 42.5 Å². The monoisotopic (exact) mass is 382 g/mol. The van der Waals surface area contributed by atoms with Crippen molar-refractivity contribution < 1.29 is 14.6 Å². The highest BCUT2D eigenvalue weighted by atomic mass is 16.5. The summed E-state index contributed by atoms with van der Waals surface area (Å²) in [6.07, 6.45) is 3.12. The Balaban J connectivity index is 1.65. The van der Waals surface area contributed by atoms with Crippen molar-refractivity contribution in [3.05, 3.63) is 54.1 Å². The lowest BCUT2D eigenvalue weighted by Crippen LogP contribution is -2.36. The molecule has 1 N–H and O–H groups in total. The Morgan fingerprint density at radius 1 is 1.14 bits per heavy atom. The van der Waals surface area contributed by atoms with Crippen molar-refractivity contribution >= 4 is 5.97 Å². The number of rotatable bonds is 7. The number of likely N-dealkylation sites (tertiary alicyclic amines) is 1. The van der Waals surface area contributed by atoms with Gasteiger partial charge in [-0.05, 0) is 56.6 Å². The lowest BCUT2D eigenvalue weighted by atomic mass is 10.0. The Morgan fingerprint density at radius 2 is 1.93 bits per heavy atom. The molecule has 150 valence electrons. The van der Waals surface area contributed by atoms with Gasteiger partial charge in [0.2, 0.25) is 0 Å². The molecule has 3 rings (SSSR count). The highest BCUT2D eigenvalue weighted by Gasteiger charge is 2.22. The minimum Gasteiger partial charge on any atom is -0.496 e. The lowest BCUT2D eigenvalue weighted by molar-refractivity contribution is -0.138. The summed E-state index contributed by atoms with van der Waals surface area (Å²) in [5.74, 6) is 0.164. The van der Waals surface area contributed by atoms with Gasteiger partial charge in [-0.3, -0.25) is 14.6 Å². The quantitative estimate of drug-likeness (QED) is 0.791. The first kappa shape index (κ1) is 20.4. The molecule has 0 spiro atoms. The predicted octanol–water partition coefficient (Wildman–Crippen LogP) is 3.73. The first-order valence-corrected chi connectivity index (χ1v) is 9.93. The molecule has 0 saturated carbocycles. The van der Waals surface area contributed by atoms with E-state index in [0.29, 0.717) is 6.04 Å². The van der Waals surface area contributed by atoms with Crippen LogP contribution in [0.2, 0.25) is 0 Å². The van der Waals surface area contributed by atoms with Gasteiger partial charge in [0.15, 0.2) is 0 Å². The van der Waals surface area contributed by atoms with Crippen LogP contribution < -0.4 is 4.74 Å². The van der Waals surface area contributed by atoms with Gasteiger partial charge in [0.05, 0.1) is 13.7 Å². The zero-order chi connectivity index (χ0) is 19.9. The maximum atomic E-state index is 11.0. The van der Waals surface area contributed by atoms with E-state index < -0.39 is 5.97 Å². The molecule has 28 heavy (non-hydrogen) atoms. The van der Waals surface area contributed by atoms with E-state index in [1.807, 2.05) is 30.1 Å². The Hall–Kier alpha value is -2.37. The minimum atomic E-state index is -0.758. The molecule has 2 aromatic rings. The van der Waals surface area contributed by atoms with Crippen molar-refractivity contribution in [2.75, 3.05) is 33.8 Å². The Labute approximate surface area is 167 Å². The van der Waals surface area contributed by atoms with E-state index in [1.165, 1.54) is 11.1 Å². The first-order chi connectivity index (χ1) is 13.6. The number of aliphatic carboxylic acids is 1. The topological polar surface area (TPSA) is 53.0 Å². The molecule has 1 unspecified atom stereocenters. The number of likely N-dealkylation sites (N-methyl/N-ethyl adjacent to an activating group) is 1. The average molecular weight is 383 g/mol.